The minimum absolute atomic E-state index is 1.39. The largest absolute Gasteiger partial charge is 0.236 e. The molecule has 0 saturated heterocycles. The number of halogens is 3. The maximum Gasteiger partial charge on any atom is 0.236 e. The highest BCUT2D eigenvalue weighted by Gasteiger charge is 1.93. The molecule has 0 aliphatic rings. The van der Waals surface area contributed by atoms with Gasteiger partial charge in [-0.15, -0.1) is 0 Å². The van der Waals surface area contributed by atoms with Crippen LogP contribution in [0.15, 0.2) is 10.4 Å². The van der Waals surface area contributed by atoms with Crippen LogP contribution < -0.4 is 0 Å². The Kier molecular flexibility index (Phi) is 2.35. The van der Waals surface area contributed by atoms with Gasteiger partial charge < -0.3 is 0 Å². The molecule has 0 fully saturated rings. The van der Waals surface area contributed by atoms with E-state index in [2.05, 4.69) is 24.2 Å². The lowest BCUT2D eigenvalue weighted by Gasteiger charge is -1.72. The van der Waals surface area contributed by atoms with Crippen LogP contribution in [0, 0.1) is 0 Å². The molecule has 35 valence electrons. The van der Waals surface area contributed by atoms with Gasteiger partial charge in [0.05, 0.1) is 0 Å². The molecule has 1 radical (unpaired) electrons. The minimum Gasteiger partial charge on any atom is -0.190 e. The van der Waals surface area contributed by atoms with Gasteiger partial charge in [0.15, 0.2) is 0 Å². The van der Waals surface area contributed by atoms with E-state index in [4.69, 9.17) is 0 Å². The maximum atomic E-state index is 11.0. The van der Waals surface area contributed by atoms with Crippen molar-refractivity contribution in [2.24, 2.45) is 0 Å². The summed E-state index contributed by atoms with van der Waals surface area (Å²) in [7, 11) is 0. The second kappa shape index (κ2) is 2.31. The molecule has 0 aliphatic carbocycles. The highest BCUT2D eigenvalue weighted by molar-refractivity contribution is 7.84. The molecule has 0 aliphatic heterocycles. The summed E-state index contributed by atoms with van der Waals surface area (Å²) in [4.78, 5) is 0. The molecule has 0 rings (SSSR count). The molecule has 0 atom stereocenters. The smallest absolute Gasteiger partial charge is 0.190 e. The first-order chi connectivity index (χ1) is 2.64. The summed E-state index contributed by atoms with van der Waals surface area (Å²) in [6.45, 7) is 0. The van der Waals surface area contributed by atoms with Crippen LogP contribution in [0.25, 0.3) is 0 Å². The Hall–Kier alpha value is 0.110. The van der Waals surface area contributed by atoms with Crippen molar-refractivity contribution in [3.63, 3.8) is 0 Å². The van der Waals surface area contributed by atoms with Gasteiger partial charge in [0.2, 0.25) is 10.4 Å². The Morgan fingerprint density at radius 1 is 1.50 bits per heavy atom. The molecule has 0 aromatic rings. The molecular formula is C2ClF2S. The topological polar surface area (TPSA) is 0 Å². The predicted octanol–water partition coefficient (Wildman–Crippen LogP) is 2.49. The highest BCUT2D eigenvalue weighted by atomic mass is 35.5. The third-order valence-electron chi connectivity index (χ3n) is 0.149. The normalized spacial score (nSPS) is 13.8. The fourth-order valence-corrected chi connectivity index (χ4v) is 0. The molecular weight excluding hydrogens is 130 g/mol. The van der Waals surface area contributed by atoms with Gasteiger partial charge in [-0.1, -0.05) is 0 Å². The molecule has 4 heteroatoms. The second-order valence-corrected chi connectivity index (χ2v) is 1.22. The molecule has 0 bridgehead atoms. The van der Waals surface area contributed by atoms with Gasteiger partial charge >= 0.3 is 0 Å². The van der Waals surface area contributed by atoms with Crippen molar-refractivity contribution in [2.45, 2.75) is 0 Å². The molecule has 0 unspecified atom stereocenters. The molecule has 0 saturated carbocycles. The van der Waals surface area contributed by atoms with Gasteiger partial charge in [-0.25, -0.2) is 0 Å². The lowest BCUT2D eigenvalue weighted by molar-refractivity contribution is 0.614. The Morgan fingerprint density at radius 3 is 1.67 bits per heavy atom. The van der Waals surface area contributed by atoms with Crippen LogP contribution in [-0.2, 0) is 0 Å². The first-order valence-electron chi connectivity index (χ1n) is 1.02. The zero-order valence-corrected chi connectivity index (χ0v) is 4.11. The average Bonchev–Trinajstić information content (AvgIpc) is 1.36. The van der Waals surface area contributed by atoms with E-state index >= 15 is 0 Å². The molecule has 0 aromatic carbocycles. The van der Waals surface area contributed by atoms with Crippen LogP contribution in [0.3, 0.4) is 0 Å². The van der Waals surface area contributed by atoms with Crippen molar-refractivity contribution in [3.8, 4) is 0 Å². The zero-order chi connectivity index (χ0) is 5.15. The van der Waals surface area contributed by atoms with Crippen LogP contribution >= 0.6 is 24.2 Å². The van der Waals surface area contributed by atoms with Crippen LogP contribution in [-0.4, -0.2) is 0 Å². The van der Waals surface area contributed by atoms with E-state index < -0.39 is 10.4 Å². The highest BCUT2D eigenvalue weighted by Crippen LogP contribution is 2.13. The van der Waals surface area contributed by atoms with Crippen molar-refractivity contribution in [1.29, 1.82) is 0 Å². The van der Waals surface area contributed by atoms with Gasteiger partial charge in [0.25, 0.3) is 0 Å². The van der Waals surface area contributed by atoms with Crippen molar-refractivity contribution < 1.29 is 8.78 Å². The maximum absolute atomic E-state index is 11.0. The van der Waals surface area contributed by atoms with Crippen LogP contribution in [0.2, 0.25) is 0 Å². The molecule has 6 heavy (non-hydrogen) atoms. The fraction of sp³-hybridized carbons (Fsp3) is 0. The molecule has 0 aromatic heterocycles. The average molecular weight is 130 g/mol. The summed E-state index contributed by atoms with van der Waals surface area (Å²) in [5.41, 5.74) is 0. The third-order valence-corrected chi connectivity index (χ3v) is 0.606. The molecule has 0 amide bonds. The van der Waals surface area contributed by atoms with Crippen LogP contribution in [0.5, 0.6) is 0 Å². The fourth-order valence-electron chi connectivity index (χ4n) is 0. The van der Waals surface area contributed by atoms with Crippen LogP contribution in [0.1, 0.15) is 0 Å². The van der Waals surface area contributed by atoms with E-state index in [1.54, 1.807) is 0 Å². The molecule has 0 nitrogen and oxygen atoms in total. The van der Waals surface area contributed by atoms with Crippen molar-refractivity contribution >= 4 is 24.2 Å². The number of hydrogen-bond acceptors (Lipinski definition) is 0. The lowest BCUT2D eigenvalue weighted by atomic mass is 11.1. The van der Waals surface area contributed by atoms with Crippen molar-refractivity contribution in [2.75, 3.05) is 0 Å². The summed E-state index contributed by atoms with van der Waals surface area (Å²) in [6, 6.07) is 0. The summed E-state index contributed by atoms with van der Waals surface area (Å²) in [5.74, 6) is 0. The Morgan fingerprint density at radius 2 is 1.67 bits per heavy atom. The van der Waals surface area contributed by atoms with Gasteiger partial charge in [-0.05, 0) is 24.2 Å². The standard InChI is InChI=1S/C2ClF2S/c3-1(4)2(5)6. The van der Waals surface area contributed by atoms with Gasteiger partial charge in [0, 0.05) is 0 Å². The Balaban J connectivity index is 3.68. The van der Waals surface area contributed by atoms with Gasteiger partial charge in [0.1, 0.15) is 0 Å². The van der Waals surface area contributed by atoms with Crippen molar-refractivity contribution in [1.82, 2.24) is 0 Å². The monoisotopic (exact) mass is 129 g/mol. The summed E-state index contributed by atoms with van der Waals surface area (Å²) < 4.78 is 22.0. The SMILES string of the molecule is FC([S])=C(F)Cl. The molecule has 0 heterocycles. The van der Waals surface area contributed by atoms with E-state index in [-0.39, 0.29) is 0 Å². The van der Waals surface area contributed by atoms with Gasteiger partial charge in [-0.2, -0.15) is 8.78 Å². The summed E-state index contributed by atoms with van der Waals surface area (Å²) in [6.07, 6.45) is 0. The van der Waals surface area contributed by atoms with E-state index in [1.165, 1.54) is 0 Å². The first-order valence-corrected chi connectivity index (χ1v) is 1.81. The Bertz CT molecular complexity index is 61.6. The van der Waals surface area contributed by atoms with E-state index in [0.717, 1.165) is 0 Å². The van der Waals surface area contributed by atoms with Crippen molar-refractivity contribution in [3.05, 3.63) is 10.4 Å². The van der Waals surface area contributed by atoms with E-state index in [0.29, 0.717) is 0 Å². The zero-order valence-electron chi connectivity index (χ0n) is 2.54. The third kappa shape index (κ3) is 2.35. The second-order valence-electron chi connectivity index (χ2n) is 0.534. The number of rotatable bonds is 0. The van der Waals surface area contributed by atoms with E-state index in [9.17, 15) is 8.78 Å². The van der Waals surface area contributed by atoms with Crippen LogP contribution in [0.4, 0.5) is 8.78 Å². The van der Waals surface area contributed by atoms with E-state index in [1.807, 2.05) is 0 Å². The molecule has 0 N–H and O–H groups in total. The summed E-state index contributed by atoms with van der Waals surface area (Å²) in [5, 5.41) is -2.85. The lowest BCUT2D eigenvalue weighted by Crippen LogP contribution is -1.52. The minimum atomic E-state index is -1.45. The predicted molar refractivity (Wildman–Crippen MR) is 22.7 cm³/mol. The van der Waals surface area contributed by atoms with Gasteiger partial charge in [-0.3, -0.25) is 0 Å². The Labute approximate surface area is 44.2 Å². The number of hydrogen-bond donors (Lipinski definition) is 0. The summed E-state index contributed by atoms with van der Waals surface area (Å²) >= 11 is 7.96. The first kappa shape index (κ1) is 6.11. The molecule has 0 spiro atoms. The quantitative estimate of drug-likeness (QED) is 0.471.